The van der Waals surface area contributed by atoms with E-state index < -0.39 is 29.8 Å². The second-order valence-electron chi connectivity index (χ2n) is 8.45. The second-order valence-corrected chi connectivity index (χ2v) is 8.88. The van der Waals surface area contributed by atoms with E-state index in [1.165, 1.54) is 7.11 Å². The van der Waals surface area contributed by atoms with Gasteiger partial charge in [0.25, 0.3) is 5.92 Å². The highest BCUT2D eigenvalue weighted by molar-refractivity contribution is 6.30. The SMILES string of the molecule is COC(=O)[C@]1(Cc2cccc(Cl)c2)C[C@@H](N=C(c2ccccc2)c2ccccc2)C(F)(F)C1. The number of ether oxygens (including phenoxy) is 1. The highest BCUT2D eigenvalue weighted by Crippen LogP contribution is 2.51. The first-order chi connectivity index (χ1) is 15.8. The largest absolute Gasteiger partial charge is 0.469 e. The molecule has 2 atom stereocenters. The van der Waals surface area contributed by atoms with Crippen molar-refractivity contribution < 1.29 is 18.3 Å². The first-order valence-corrected chi connectivity index (χ1v) is 11.1. The van der Waals surface area contributed by atoms with Crippen LogP contribution in [-0.4, -0.2) is 30.8 Å². The molecule has 3 aromatic carbocycles. The Morgan fingerprint density at radius 3 is 2.15 bits per heavy atom. The Balaban J connectivity index is 1.76. The van der Waals surface area contributed by atoms with Crippen molar-refractivity contribution in [3.63, 3.8) is 0 Å². The maximum atomic E-state index is 15.4. The molecule has 1 aliphatic rings. The minimum atomic E-state index is -3.18. The number of esters is 1. The first kappa shape index (κ1) is 23.1. The quantitative estimate of drug-likeness (QED) is 0.312. The maximum Gasteiger partial charge on any atom is 0.312 e. The number of alkyl halides is 2. The van der Waals surface area contributed by atoms with Gasteiger partial charge >= 0.3 is 5.97 Å². The van der Waals surface area contributed by atoms with Crippen LogP contribution in [0.4, 0.5) is 8.78 Å². The van der Waals surface area contributed by atoms with E-state index in [0.29, 0.717) is 16.3 Å². The normalized spacial score (nSPS) is 21.4. The topological polar surface area (TPSA) is 38.7 Å². The molecule has 0 saturated heterocycles. The summed E-state index contributed by atoms with van der Waals surface area (Å²) in [7, 11) is 1.23. The molecule has 0 heterocycles. The molecule has 170 valence electrons. The van der Waals surface area contributed by atoms with Gasteiger partial charge in [0.05, 0.1) is 18.2 Å². The number of nitrogens with zero attached hydrogens (tertiary/aromatic N) is 1. The van der Waals surface area contributed by atoms with E-state index in [1.54, 1.807) is 24.3 Å². The third-order valence-corrected chi connectivity index (χ3v) is 6.31. The summed E-state index contributed by atoms with van der Waals surface area (Å²) >= 11 is 6.09. The zero-order valence-electron chi connectivity index (χ0n) is 18.2. The van der Waals surface area contributed by atoms with E-state index in [2.05, 4.69) is 4.99 Å². The third kappa shape index (κ3) is 4.98. The van der Waals surface area contributed by atoms with Gasteiger partial charge in [-0.25, -0.2) is 8.78 Å². The monoisotopic (exact) mass is 467 g/mol. The Kier molecular flexibility index (Phi) is 6.61. The molecule has 0 bridgehead atoms. The smallest absolute Gasteiger partial charge is 0.312 e. The number of halogens is 3. The lowest BCUT2D eigenvalue weighted by Gasteiger charge is -2.26. The molecule has 1 aliphatic carbocycles. The van der Waals surface area contributed by atoms with Crippen LogP contribution in [0, 0.1) is 5.41 Å². The Labute approximate surface area is 197 Å². The van der Waals surface area contributed by atoms with Gasteiger partial charge in [-0.1, -0.05) is 84.4 Å². The molecule has 0 spiro atoms. The van der Waals surface area contributed by atoms with Gasteiger partial charge in [0.1, 0.15) is 6.04 Å². The van der Waals surface area contributed by atoms with Gasteiger partial charge in [-0.3, -0.25) is 9.79 Å². The average Bonchev–Trinajstić information content (AvgIpc) is 3.08. The summed E-state index contributed by atoms with van der Waals surface area (Å²) in [5.41, 5.74) is 1.27. The van der Waals surface area contributed by atoms with Crippen molar-refractivity contribution in [1.82, 2.24) is 0 Å². The van der Waals surface area contributed by atoms with Crippen LogP contribution in [-0.2, 0) is 16.0 Å². The lowest BCUT2D eigenvalue weighted by Crippen LogP contribution is -2.33. The number of hydrogen-bond donors (Lipinski definition) is 0. The molecule has 0 N–H and O–H groups in total. The van der Waals surface area contributed by atoms with Crippen molar-refractivity contribution in [3.05, 3.63) is 107 Å². The number of hydrogen-bond acceptors (Lipinski definition) is 3. The highest BCUT2D eigenvalue weighted by Gasteiger charge is 2.60. The van der Waals surface area contributed by atoms with E-state index in [-0.39, 0.29) is 12.8 Å². The molecular formula is C27H24ClF2NO2. The number of benzene rings is 3. The van der Waals surface area contributed by atoms with E-state index in [4.69, 9.17) is 16.3 Å². The Morgan fingerprint density at radius 1 is 1.00 bits per heavy atom. The lowest BCUT2D eigenvalue weighted by atomic mass is 9.79. The highest BCUT2D eigenvalue weighted by atomic mass is 35.5. The Morgan fingerprint density at radius 2 is 1.61 bits per heavy atom. The summed E-state index contributed by atoms with van der Waals surface area (Å²) in [6.07, 6.45) is -0.652. The molecule has 6 heteroatoms. The summed E-state index contributed by atoms with van der Waals surface area (Å²) in [4.78, 5) is 17.4. The Hall–Kier alpha value is -3.05. The number of methoxy groups -OCH3 is 1. The molecule has 1 fully saturated rings. The van der Waals surface area contributed by atoms with E-state index in [1.807, 2.05) is 60.7 Å². The summed E-state index contributed by atoms with van der Waals surface area (Å²) in [5, 5.41) is 0.488. The minimum absolute atomic E-state index is 0.105. The number of carbonyl (C=O) groups excluding carboxylic acids is 1. The zero-order chi connectivity index (χ0) is 23.5. The van der Waals surface area contributed by atoms with Crippen LogP contribution in [0.5, 0.6) is 0 Å². The number of carbonyl (C=O) groups is 1. The molecule has 3 aromatic rings. The summed E-state index contributed by atoms with van der Waals surface area (Å²) in [6, 6.07) is 24.1. The molecule has 0 radical (unpaired) electrons. The van der Waals surface area contributed by atoms with Crippen molar-refractivity contribution in [3.8, 4) is 0 Å². The average molecular weight is 468 g/mol. The molecule has 3 nitrogen and oxygen atoms in total. The van der Waals surface area contributed by atoms with Gasteiger partial charge < -0.3 is 4.74 Å². The predicted molar refractivity (Wildman–Crippen MR) is 126 cm³/mol. The van der Waals surface area contributed by atoms with Crippen LogP contribution in [0.2, 0.25) is 5.02 Å². The van der Waals surface area contributed by atoms with Crippen molar-refractivity contribution >= 4 is 23.3 Å². The molecular weight excluding hydrogens is 444 g/mol. The van der Waals surface area contributed by atoms with Gasteiger partial charge in [-0.15, -0.1) is 0 Å². The van der Waals surface area contributed by atoms with Crippen molar-refractivity contribution in [2.75, 3.05) is 7.11 Å². The Bertz CT molecular complexity index is 1110. The van der Waals surface area contributed by atoms with Crippen LogP contribution in [0.25, 0.3) is 0 Å². The van der Waals surface area contributed by atoms with Crippen LogP contribution >= 0.6 is 11.6 Å². The van der Waals surface area contributed by atoms with Crippen molar-refractivity contribution in [2.45, 2.75) is 31.2 Å². The van der Waals surface area contributed by atoms with Gasteiger partial charge in [-0.05, 0) is 30.5 Å². The second kappa shape index (κ2) is 9.44. The van der Waals surface area contributed by atoms with Gasteiger partial charge in [0, 0.05) is 22.6 Å². The van der Waals surface area contributed by atoms with Gasteiger partial charge in [0.2, 0.25) is 0 Å². The number of aliphatic imine (C=N–C) groups is 1. The van der Waals surface area contributed by atoms with Crippen LogP contribution in [0.15, 0.2) is 89.9 Å². The van der Waals surface area contributed by atoms with Gasteiger partial charge in [0.15, 0.2) is 0 Å². The maximum absolute atomic E-state index is 15.4. The van der Waals surface area contributed by atoms with Crippen LogP contribution in [0.3, 0.4) is 0 Å². The minimum Gasteiger partial charge on any atom is -0.469 e. The standard InChI is InChI=1S/C27H24ClF2NO2/c1-33-25(32)26(16-19-9-8-14-22(28)15-19)17-23(27(29,30)18-26)31-24(20-10-4-2-5-11-20)21-12-6-3-7-13-21/h2-15,23H,16-18H2,1H3/t23-,26-/m1/s1. The first-order valence-electron chi connectivity index (χ1n) is 10.7. The van der Waals surface area contributed by atoms with E-state index >= 15 is 8.78 Å². The molecule has 0 aliphatic heterocycles. The summed E-state index contributed by atoms with van der Waals surface area (Å²) in [5.74, 6) is -3.83. The molecule has 0 unspecified atom stereocenters. The van der Waals surface area contributed by atoms with Crippen LogP contribution in [0.1, 0.15) is 29.5 Å². The number of rotatable bonds is 6. The zero-order valence-corrected chi connectivity index (χ0v) is 18.9. The molecule has 4 rings (SSSR count). The van der Waals surface area contributed by atoms with E-state index in [0.717, 1.165) is 11.1 Å². The predicted octanol–water partition coefficient (Wildman–Crippen LogP) is 6.38. The fourth-order valence-corrected chi connectivity index (χ4v) is 4.79. The fourth-order valence-electron chi connectivity index (χ4n) is 4.58. The van der Waals surface area contributed by atoms with Crippen LogP contribution < -0.4 is 0 Å². The molecule has 0 aromatic heterocycles. The van der Waals surface area contributed by atoms with E-state index in [9.17, 15) is 4.79 Å². The van der Waals surface area contributed by atoms with Crippen molar-refractivity contribution in [1.29, 1.82) is 0 Å². The molecule has 33 heavy (non-hydrogen) atoms. The fraction of sp³-hybridized carbons (Fsp3) is 0.259. The third-order valence-electron chi connectivity index (χ3n) is 6.08. The van der Waals surface area contributed by atoms with Crippen molar-refractivity contribution in [2.24, 2.45) is 10.4 Å². The lowest BCUT2D eigenvalue weighted by molar-refractivity contribution is -0.154. The summed E-state index contributed by atoms with van der Waals surface area (Å²) < 4.78 is 35.9. The molecule has 1 saturated carbocycles. The van der Waals surface area contributed by atoms with Gasteiger partial charge in [-0.2, -0.15) is 0 Å². The summed E-state index contributed by atoms with van der Waals surface area (Å²) in [6.45, 7) is 0. The molecule has 0 amide bonds.